The van der Waals surface area contributed by atoms with Gasteiger partial charge in [-0.2, -0.15) is 4.31 Å². The summed E-state index contributed by atoms with van der Waals surface area (Å²) >= 11 is 0. The quantitative estimate of drug-likeness (QED) is 0.698. The van der Waals surface area contributed by atoms with E-state index in [1.54, 1.807) is 6.92 Å². The van der Waals surface area contributed by atoms with Crippen LogP contribution in [0.15, 0.2) is 0 Å². The molecular weight excluding hydrogens is 260 g/mol. The molecule has 0 saturated carbocycles. The normalized spacial score (nSPS) is 22.7. The Morgan fingerprint density at radius 1 is 1.50 bits per heavy atom. The van der Waals surface area contributed by atoms with Crippen LogP contribution in [0.2, 0.25) is 0 Å². The van der Waals surface area contributed by atoms with Gasteiger partial charge >= 0.3 is 5.97 Å². The van der Waals surface area contributed by atoms with Crippen LogP contribution in [-0.2, 0) is 19.6 Å². The lowest BCUT2D eigenvalue weighted by Gasteiger charge is -2.23. The number of carboxylic acids is 1. The molecule has 1 aliphatic rings. The van der Waals surface area contributed by atoms with Crippen LogP contribution in [0.1, 0.15) is 26.2 Å². The van der Waals surface area contributed by atoms with E-state index in [1.165, 1.54) is 0 Å². The molecule has 1 heterocycles. The number of carbonyl (C=O) groups excluding carboxylic acids is 1. The van der Waals surface area contributed by atoms with Gasteiger partial charge in [-0.05, 0) is 19.3 Å². The van der Waals surface area contributed by atoms with Gasteiger partial charge in [-0.3, -0.25) is 4.79 Å². The van der Waals surface area contributed by atoms with Gasteiger partial charge in [-0.25, -0.2) is 13.2 Å². The summed E-state index contributed by atoms with van der Waals surface area (Å²) in [5, 5.41) is 11.2. The Morgan fingerprint density at radius 3 is 2.56 bits per heavy atom. The molecule has 0 aromatic rings. The first-order valence-corrected chi connectivity index (χ1v) is 7.62. The molecule has 1 fully saturated rings. The van der Waals surface area contributed by atoms with Gasteiger partial charge in [-0.15, -0.1) is 0 Å². The second kappa shape index (κ2) is 5.66. The fourth-order valence-corrected chi connectivity index (χ4v) is 3.13. The Bertz CT molecular complexity index is 434. The average Bonchev–Trinajstić information content (AvgIpc) is 2.73. The van der Waals surface area contributed by atoms with Crippen molar-refractivity contribution in [2.24, 2.45) is 0 Å². The zero-order chi connectivity index (χ0) is 13.9. The third kappa shape index (κ3) is 3.42. The molecule has 1 amide bonds. The van der Waals surface area contributed by atoms with E-state index in [0.717, 1.165) is 10.6 Å². The Balaban J connectivity index is 2.75. The summed E-state index contributed by atoms with van der Waals surface area (Å²) in [6.45, 7) is 1.95. The first kappa shape index (κ1) is 14.9. The molecule has 18 heavy (non-hydrogen) atoms. The molecule has 0 unspecified atom stereocenters. The molecule has 0 aromatic heterocycles. The zero-order valence-electron chi connectivity index (χ0n) is 10.4. The number of nitrogens with zero attached hydrogens (tertiary/aromatic N) is 1. The summed E-state index contributed by atoms with van der Waals surface area (Å²) in [5.74, 6) is -1.65. The van der Waals surface area contributed by atoms with Crippen LogP contribution in [0, 0.1) is 0 Å². The van der Waals surface area contributed by atoms with Crippen molar-refractivity contribution in [2.75, 3.05) is 12.8 Å². The molecule has 2 atom stereocenters. The molecule has 1 rings (SSSR count). The van der Waals surface area contributed by atoms with E-state index in [9.17, 15) is 18.0 Å². The van der Waals surface area contributed by atoms with Gasteiger partial charge in [0.05, 0.1) is 6.26 Å². The van der Waals surface area contributed by atoms with Crippen LogP contribution < -0.4 is 5.32 Å². The second-order valence-electron chi connectivity index (χ2n) is 4.34. The maximum absolute atomic E-state index is 11.9. The lowest BCUT2D eigenvalue weighted by atomic mass is 10.2. The van der Waals surface area contributed by atoms with Crippen LogP contribution in [-0.4, -0.2) is 54.6 Å². The maximum atomic E-state index is 11.9. The Hall–Kier alpha value is -1.15. The minimum atomic E-state index is -3.43. The molecule has 0 radical (unpaired) electrons. The van der Waals surface area contributed by atoms with Crippen LogP contribution in [0.25, 0.3) is 0 Å². The van der Waals surface area contributed by atoms with E-state index >= 15 is 0 Å². The lowest BCUT2D eigenvalue weighted by molar-refractivity contribution is -0.142. The van der Waals surface area contributed by atoms with E-state index in [4.69, 9.17) is 5.11 Å². The van der Waals surface area contributed by atoms with Gasteiger partial charge in [0, 0.05) is 6.54 Å². The van der Waals surface area contributed by atoms with Crippen molar-refractivity contribution in [2.45, 2.75) is 38.3 Å². The number of aliphatic carboxylic acids is 1. The van der Waals surface area contributed by atoms with Crippen molar-refractivity contribution >= 4 is 21.9 Å². The lowest BCUT2D eigenvalue weighted by Crippen LogP contribution is -2.50. The van der Waals surface area contributed by atoms with Gasteiger partial charge in [0.25, 0.3) is 0 Å². The van der Waals surface area contributed by atoms with E-state index in [2.05, 4.69) is 5.32 Å². The Kier molecular flexibility index (Phi) is 4.69. The minimum absolute atomic E-state index is 0.257. The first-order chi connectivity index (χ1) is 8.27. The number of carbonyl (C=O) groups is 2. The van der Waals surface area contributed by atoms with E-state index < -0.39 is 34.0 Å². The Morgan fingerprint density at radius 2 is 2.11 bits per heavy atom. The summed E-state index contributed by atoms with van der Waals surface area (Å²) in [6, 6.07) is -1.76. The van der Waals surface area contributed by atoms with Crippen molar-refractivity contribution < 1.29 is 23.1 Å². The number of nitrogens with one attached hydrogen (secondary N) is 1. The highest BCUT2D eigenvalue weighted by atomic mass is 32.2. The van der Waals surface area contributed by atoms with Gasteiger partial charge < -0.3 is 10.4 Å². The average molecular weight is 278 g/mol. The highest BCUT2D eigenvalue weighted by Gasteiger charge is 2.37. The number of hydrogen-bond donors (Lipinski definition) is 2. The topological polar surface area (TPSA) is 104 Å². The van der Waals surface area contributed by atoms with Crippen LogP contribution in [0.4, 0.5) is 0 Å². The third-order valence-corrected chi connectivity index (χ3v) is 4.24. The SMILES string of the molecule is CC[C@H](NC(=O)[C@@H]1CCCN1S(C)(=O)=O)C(=O)O. The molecule has 1 saturated heterocycles. The number of carboxylic acid groups (broad SMARTS) is 1. The molecule has 0 aromatic carbocycles. The summed E-state index contributed by atoms with van der Waals surface area (Å²) in [6.07, 6.45) is 2.34. The van der Waals surface area contributed by atoms with E-state index in [0.29, 0.717) is 19.4 Å². The zero-order valence-corrected chi connectivity index (χ0v) is 11.2. The van der Waals surface area contributed by atoms with Crippen molar-refractivity contribution in [3.63, 3.8) is 0 Å². The monoisotopic (exact) mass is 278 g/mol. The predicted molar refractivity (Wildman–Crippen MR) is 64.4 cm³/mol. The first-order valence-electron chi connectivity index (χ1n) is 5.77. The standard InChI is InChI=1S/C10H18N2O5S/c1-3-7(10(14)15)11-9(13)8-5-4-6-12(8)18(2,16)17/h7-8H,3-6H2,1-2H3,(H,11,13)(H,14,15)/t7-,8-/m0/s1. The number of hydrogen-bond acceptors (Lipinski definition) is 4. The summed E-state index contributed by atoms with van der Waals surface area (Å²) < 4.78 is 24.1. The summed E-state index contributed by atoms with van der Waals surface area (Å²) in [5.41, 5.74) is 0. The Labute approximate surface area is 106 Å². The molecule has 2 N–H and O–H groups in total. The van der Waals surface area contributed by atoms with Crippen LogP contribution in [0.5, 0.6) is 0 Å². The van der Waals surface area contributed by atoms with Crippen molar-refractivity contribution in [3.8, 4) is 0 Å². The highest BCUT2D eigenvalue weighted by Crippen LogP contribution is 2.20. The number of sulfonamides is 1. The third-order valence-electron chi connectivity index (χ3n) is 2.96. The van der Waals surface area contributed by atoms with Crippen LogP contribution in [0.3, 0.4) is 0 Å². The molecule has 0 aliphatic carbocycles. The van der Waals surface area contributed by atoms with Gasteiger partial charge in [-0.1, -0.05) is 6.92 Å². The number of rotatable bonds is 5. The van der Waals surface area contributed by atoms with Crippen LogP contribution >= 0.6 is 0 Å². The predicted octanol–water partition coefficient (Wildman–Crippen LogP) is -0.610. The second-order valence-corrected chi connectivity index (χ2v) is 6.27. The molecule has 0 bridgehead atoms. The van der Waals surface area contributed by atoms with Gasteiger partial charge in [0.2, 0.25) is 15.9 Å². The smallest absolute Gasteiger partial charge is 0.326 e. The molecule has 7 nitrogen and oxygen atoms in total. The molecule has 1 aliphatic heterocycles. The fraction of sp³-hybridized carbons (Fsp3) is 0.800. The van der Waals surface area contributed by atoms with Crippen molar-refractivity contribution in [3.05, 3.63) is 0 Å². The minimum Gasteiger partial charge on any atom is -0.480 e. The summed E-state index contributed by atoms with van der Waals surface area (Å²) in [4.78, 5) is 22.7. The summed E-state index contributed by atoms with van der Waals surface area (Å²) in [7, 11) is -3.43. The molecule has 104 valence electrons. The fourth-order valence-electron chi connectivity index (χ4n) is 2.01. The van der Waals surface area contributed by atoms with E-state index in [1.807, 2.05) is 0 Å². The van der Waals surface area contributed by atoms with Gasteiger partial charge in [0.1, 0.15) is 12.1 Å². The van der Waals surface area contributed by atoms with Crippen molar-refractivity contribution in [1.29, 1.82) is 0 Å². The van der Waals surface area contributed by atoms with Crippen molar-refractivity contribution in [1.82, 2.24) is 9.62 Å². The number of amides is 1. The maximum Gasteiger partial charge on any atom is 0.326 e. The molecule has 8 heteroatoms. The molecular formula is C10H18N2O5S. The highest BCUT2D eigenvalue weighted by molar-refractivity contribution is 7.88. The van der Waals surface area contributed by atoms with E-state index in [-0.39, 0.29) is 6.42 Å². The largest absolute Gasteiger partial charge is 0.480 e. The van der Waals surface area contributed by atoms with Gasteiger partial charge in [0.15, 0.2) is 0 Å². The molecule has 0 spiro atoms.